The van der Waals surface area contributed by atoms with Crippen LogP contribution in [-0.4, -0.2) is 42.0 Å². The molecule has 2 aromatic carbocycles. The van der Waals surface area contributed by atoms with Gasteiger partial charge in [-0.25, -0.2) is 0 Å². The number of hydrogen-bond donors (Lipinski definition) is 1. The van der Waals surface area contributed by atoms with Crippen molar-refractivity contribution in [2.24, 2.45) is 0 Å². The maximum absolute atomic E-state index is 13.6. The van der Waals surface area contributed by atoms with E-state index in [1.807, 2.05) is 25.1 Å². The van der Waals surface area contributed by atoms with Gasteiger partial charge in [0.25, 0.3) is 0 Å². The van der Waals surface area contributed by atoms with E-state index in [-0.39, 0.29) is 30.8 Å². The molecular formula is C28H34Cl2N2O4. The van der Waals surface area contributed by atoms with Crippen LogP contribution in [0.1, 0.15) is 63.0 Å². The van der Waals surface area contributed by atoms with Crippen LogP contribution in [0.15, 0.2) is 36.4 Å². The van der Waals surface area contributed by atoms with E-state index < -0.39 is 6.04 Å². The van der Waals surface area contributed by atoms with Gasteiger partial charge < -0.3 is 19.7 Å². The van der Waals surface area contributed by atoms with Crippen LogP contribution >= 0.6 is 23.2 Å². The Bertz CT molecular complexity index is 1050. The molecule has 194 valence electrons. The molecule has 1 aliphatic heterocycles. The molecule has 0 bridgehead atoms. The molecule has 1 aliphatic carbocycles. The number of rotatable bonds is 9. The Balaban J connectivity index is 1.52. The Labute approximate surface area is 223 Å². The molecule has 1 fully saturated rings. The minimum atomic E-state index is -0.605. The third kappa shape index (κ3) is 6.65. The van der Waals surface area contributed by atoms with Crippen molar-refractivity contribution in [1.29, 1.82) is 0 Å². The highest BCUT2D eigenvalue weighted by Gasteiger charge is 2.31. The molecule has 36 heavy (non-hydrogen) atoms. The van der Waals surface area contributed by atoms with E-state index in [0.29, 0.717) is 47.4 Å². The summed E-state index contributed by atoms with van der Waals surface area (Å²) in [6.07, 6.45) is 6.67. The van der Waals surface area contributed by atoms with Crippen LogP contribution in [0.3, 0.4) is 0 Å². The second kappa shape index (κ2) is 12.7. The van der Waals surface area contributed by atoms with Gasteiger partial charge in [-0.1, -0.05) is 61.5 Å². The van der Waals surface area contributed by atoms with E-state index in [2.05, 4.69) is 5.32 Å². The number of nitrogens with one attached hydrogen (secondary N) is 1. The summed E-state index contributed by atoms with van der Waals surface area (Å²) in [5.74, 6) is 1.19. The minimum Gasteiger partial charge on any atom is -0.486 e. The number of ether oxygens (including phenoxy) is 2. The second-order valence-corrected chi connectivity index (χ2v) is 10.3. The minimum absolute atomic E-state index is 0.111. The molecule has 1 saturated carbocycles. The first-order valence-corrected chi connectivity index (χ1v) is 13.6. The molecule has 2 aromatic rings. The van der Waals surface area contributed by atoms with Crippen LogP contribution in [0, 0.1) is 0 Å². The first kappa shape index (κ1) is 26.6. The van der Waals surface area contributed by atoms with Crippen LogP contribution in [0.25, 0.3) is 0 Å². The molecule has 0 spiro atoms. The maximum Gasteiger partial charge on any atom is 0.243 e. The fourth-order valence-electron chi connectivity index (χ4n) is 4.96. The van der Waals surface area contributed by atoms with E-state index in [1.54, 1.807) is 23.1 Å². The van der Waals surface area contributed by atoms with E-state index in [0.717, 1.165) is 37.0 Å². The molecule has 1 heterocycles. The topological polar surface area (TPSA) is 67.9 Å². The molecule has 1 unspecified atom stereocenters. The normalized spacial score (nSPS) is 16.3. The van der Waals surface area contributed by atoms with Gasteiger partial charge in [-0.05, 0) is 55.5 Å². The van der Waals surface area contributed by atoms with E-state index >= 15 is 0 Å². The monoisotopic (exact) mass is 532 g/mol. The predicted octanol–water partition coefficient (Wildman–Crippen LogP) is 5.95. The summed E-state index contributed by atoms with van der Waals surface area (Å²) < 4.78 is 11.3. The molecule has 2 aliphatic rings. The van der Waals surface area contributed by atoms with Crippen molar-refractivity contribution < 1.29 is 19.1 Å². The average Bonchev–Trinajstić information content (AvgIpc) is 2.89. The fourth-order valence-corrected chi connectivity index (χ4v) is 5.47. The number of hydrogen-bond acceptors (Lipinski definition) is 4. The van der Waals surface area contributed by atoms with Crippen LogP contribution in [0.4, 0.5) is 0 Å². The van der Waals surface area contributed by atoms with Gasteiger partial charge in [0, 0.05) is 34.6 Å². The number of benzene rings is 2. The smallest absolute Gasteiger partial charge is 0.243 e. The molecule has 4 rings (SSSR count). The molecule has 0 radical (unpaired) electrons. The highest BCUT2D eigenvalue weighted by molar-refractivity contribution is 6.36. The average molecular weight is 533 g/mol. The quantitative estimate of drug-likeness (QED) is 0.433. The van der Waals surface area contributed by atoms with Crippen molar-refractivity contribution >= 4 is 35.0 Å². The SMILES string of the molecule is CCC(C(=O)NC1CCCCC1)N(Cc1c(Cl)cccc1Cl)C(=O)CCc1ccc2c(c1)OCCO2. The van der Waals surface area contributed by atoms with Crippen LogP contribution in [-0.2, 0) is 22.6 Å². The van der Waals surface area contributed by atoms with E-state index in [4.69, 9.17) is 32.7 Å². The predicted molar refractivity (Wildman–Crippen MR) is 142 cm³/mol. The van der Waals surface area contributed by atoms with Crippen LogP contribution < -0.4 is 14.8 Å². The standard InChI is InChI=1S/C28H34Cl2N2O4/c1-2-24(28(34)31-20-7-4-3-5-8-20)32(18-21-22(29)9-6-10-23(21)30)27(33)14-12-19-11-13-25-26(17-19)36-16-15-35-25/h6,9-11,13,17,20,24H,2-5,7-8,12,14-16,18H2,1H3,(H,31,34). The van der Waals surface area contributed by atoms with Gasteiger partial charge in [-0.15, -0.1) is 0 Å². The summed E-state index contributed by atoms with van der Waals surface area (Å²) >= 11 is 12.9. The van der Waals surface area contributed by atoms with Gasteiger partial charge in [0.2, 0.25) is 11.8 Å². The Morgan fingerprint density at radius 1 is 1.03 bits per heavy atom. The Hall–Kier alpha value is -2.44. The Kier molecular flexibility index (Phi) is 9.38. The lowest BCUT2D eigenvalue weighted by molar-refractivity contribution is -0.141. The molecular weight excluding hydrogens is 499 g/mol. The largest absolute Gasteiger partial charge is 0.486 e. The van der Waals surface area contributed by atoms with Crippen molar-refractivity contribution in [3.05, 3.63) is 57.6 Å². The molecule has 1 N–H and O–H groups in total. The molecule has 8 heteroatoms. The van der Waals surface area contributed by atoms with Crippen LogP contribution in [0.2, 0.25) is 10.0 Å². The second-order valence-electron chi connectivity index (χ2n) is 9.47. The summed E-state index contributed by atoms with van der Waals surface area (Å²) in [5.41, 5.74) is 1.63. The van der Waals surface area contributed by atoms with Gasteiger partial charge in [0.05, 0.1) is 0 Å². The maximum atomic E-state index is 13.6. The van der Waals surface area contributed by atoms with Gasteiger partial charge in [-0.3, -0.25) is 9.59 Å². The summed E-state index contributed by atoms with van der Waals surface area (Å²) in [6.45, 7) is 3.15. The lowest BCUT2D eigenvalue weighted by atomic mass is 9.95. The first-order chi connectivity index (χ1) is 17.5. The van der Waals surface area contributed by atoms with Crippen molar-refractivity contribution in [2.45, 2.75) is 76.9 Å². The number of halogens is 2. The van der Waals surface area contributed by atoms with Crippen LogP contribution in [0.5, 0.6) is 11.5 Å². The van der Waals surface area contributed by atoms with Crippen molar-refractivity contribution in [1.82, 2.24) is 10.2 Å². The highest BCUT2D eigenvalue weighted by Crippen LogP contribution is 2.32. The summed E-state index contributed by atoms with van der Waals surface area (Å²) in [4.78, 5) is 28.7. The number of fused-ring (bicyclic) bond motifs is 1. The molecule has 6 nitrogen and oxygen atoms in total. The lowest BCUT2D eigenvalue weighted by Crippen LogP contribution is -2.51. The van der Waals surface area contributed by atoms with Gasteiger partial charge in [0.15, 0.2) is 11.5 Å². The zero-order valence-corrected chi connectivity index (χ0v) is 22.2. The number of aryl methyl sites for hydroxylation is 1. The Morgan fingerprint density at radius 2 is 1.72 bits per heavy atom. The molecule has 1 atom stereocenters. The third-order valence-electron chi connectivity index (χ3n) is 6.96. The molecule has 0 saturated heterocycles. The Morgan fingerprint density at radius 3 is 2.42 bits per heavy atom. The van der Waals surface area contributed by atoms with Crippen molar-refractivity contribution in [3.8, 4) is 11.5 Å². The fraction of sp³-hybridized carbons (Fsp3) is 0.500. The van der Waals surface area contributed by atoms with Gasteiger partial charge in [0.1, 0.15) is 19.3 Å². The number of nitrogens with zero attached hydrogens (tertiary/aromatic N) is 1. The summed E-state index contributed by atoms with van der Waals surface area (Å²) in [5, 5.41) is 4.16. The van der Waals surface area contributed by atoms with Gasteiger partial charge in [-0.2, -0.15) is 0 Å². The summed E-state index contributed by atoms with van der Waals surface area (Å²) in [7, 11) is 0. The first-order valence-electron chi connectivity index (χ1n) is 12.9. The van der Waals surface area contributed by atoms with Gasteiger partial charge >= 0.3 is 0 Å². The zero-order chi connectivity index (χ0) is 25.5. The molecule has 0 aromatic heterocycles. The zero-order valence-electron chi connectivity index (χ0n) is 20.7. The van der Waals surface area contributed by atoms with E-state index in [9.17, 15) is 9.59 Å². The number of amides is 2. The van der Waals surface area contributed by atoms with Crippen molar-refractivity contribution in [3.63, 3.8) is 0 Å². The number of carbonyl (C=O) groups is 2. The van der Waals surface area contributed by atoms with Crippen molar-refractivity contribution in [2.75, 3.05) is 13.2 Å². The lowest BCUT2D eigenvalue weighted by Gasteiger charge is -2.33. The summed E-state index contributed by atoms with van der Waals surface area (Å²) in [6, 6.07) is 10.6. The van der Waals surface area contributed by atoms with E-state index in [1.165, 1.54) is 6.42 Å². The molecule has 2 amide bonds. The highest BCUT2D eigenvalue weighted by atomic mass is 35.5. The third-order valence-corrected chi connectivity index (χ3v) is 7.67. The number of carbonyl (C=O) groups excluding carboxylic acids is 2.